The van der Waals surface area contributed by atoms with Crippen LogP contribution in [0.1, 0.15) is 0 Å². The topological polar surface area (TPSA) is 15.6 Å². The quantitative estimate of drug-likeness (QED) is 0.729. The van der Waals surface area contributed by atoms with Crippen molar-refractivity contribution in [3.8, 4) is 0 Å². The summed E-state index contributed by atoms with van der Waals surface area (Å²) >= 11 is 0. The lowest BCUT2D eigenvalue weighted by molar-refractivity contribution is 1.19. The first-order valence-corrected chi connectivity index (χ1v) is 7.30. The first-order chi connectivity index (χ1) is 10.8. The Balaban J connectivity index is 1.77. The Hall–Kier alpha value is -2.87. The molecule has 0 N–H and O–H groups in total. The molecule has 0 saturated heterocycles. The molecular formula is C20H18N2. The molecule has 0 unspecified atom stereocenters. The fraction of sp³-hybridized carbons (Fsp3) is 0.0500. The molecule has 0 fully saturated rings. The van der Waals surface area contributed by atoms with E-state index >= 15 is 0 Å². The van der Waals surface area contributed by atoms with Gasteiger partial charge in [0.05, 0.1) is 5.69 Å². The van der Waals surface area contributed by atoms with Gasteiger partial charge in [0.25, 0.3) is 0 Å². The summed E-state index contributed by atoms with van der Waals surface area (Å²) in [5.41, 5.74) is 4.40. The van der Waals surface area contributed by atoms with Crippen molar-refractivity contribution in [3.05, 3.63) is 96.2 Å². The summed E-state index contributed by atoms with van der Waals surface area (Å²) < 4.78 is 0. The number of aliphatic imine (C=N–C) groups is 1. The van der Waals surface area contributed by atoms with Crippen molar-refractivity contribution in [1.82, 2.24) is 0 Å². The van der Waals surface area contributed by atoms with Gasteiger partial charge >= 0.3 is 0 Å². The average molecular weight is 286 g/mol. The minimum absolute atomic E-state index is 0.964. The summed E-state index contributed by atoms with van der Waals surface area (Å²) in [6.07, 6.45) is 10.3. The molecule has 0 spiro atoms. The number of para-hydroxylation sites is 2. The Kier molecular flexibility index (Phi) is 4.30. The number of benzene rings is 2. The molecule has 0 aromatic heterocycles. The van der Waals surface area contributed by atoms with Crippen LogP contribution < -0.4 is 4.90 Å². The summed E-state index contributed by atoms with van der Waals surface area (Å²) in [4.78, 5) is 6.65. The van der Waals surface area contributed by atoms with Crippen LogP contribution in [0.3, 0.4) is 0 Å². The maximum absolute atomic E-state index is 4.53. The van der Waals surface area contributed by atoms with Gasteiger partial charge in [0.1, 0.15) is 0 Å². The second kappa shape index (κ2) is 6.72. The highest BCUT2D eigenvalue weighted by molar-refractivity contribution is 5.90. The molecule has 0 saturated carbocycles. The zero-order valence-corrected chi connectivity index (χ0v) is 12.6. The summed E-state index contributed by atoms with van der Waals surface area (Å²) in [7, 11) is 2.06. The fourth-order valence-corrected chi connectivity index (χ4v) is 2.29. The zero-order valence-electron chi connectivity index (χ0n) is 12.6. The molecule has 22 heavy (non-hydrogen) atoms. The van der Waals surface area contributed by atoms with Crippen LogP contribution in [0.5, 0.6) is 0 Å². The van der Waals surface area contributed by atoms with Crippen molar-refractivity contribution in [2.45, 2.75) is 0 Å². The van der Waals surface area contributed by atoms with E-state index < -0.39 is 0 Å². The van der Waals surface area contributed by atoms with E-state index in [0.717, 1.165) is 22.5 Å². The van der Waals surface area contributed by atoms with Crippen LogP contribution in [0, 0.1) is 0 Å². The van der Waals surface area contributed by atoms with Gasteiger partial charge in [-0.1, -0.05) is 54.6 Å². The van der Waals surface area contributed by atoms with E-state index in [1.807, 2.05) is 54.7 Å². The van der Waals surface area contributed by atoms with E-state index in [1.165, 1.54) is 0 Å². The molecule has 2 nitrogen and oxygen atoms in total. The molecule has 0 atom stereocenters. The number of nitrogens with zero attached hydrogens (tertiary/aromatic N) is 2. The lowest BCUT2D eigenvalue weighted by atomic mass is 10.1. The summed E-state index contributed by atoms with van der Waals surface area (Å²) in [5, 5.41) is 0. The van der Waals surface area contributed by atoms with E-state index in [0.29, 0.717) is 0 Å². The van der Waals surface area contributed by atoms with Crippen molar-refractivity contribution >= 4 is 17.6 Å². The second-order valence-electron chi connectivity index (χ2n) is 5.11. The van der Waals surface area contributed by atoms with Gasteiger partial charge in [-0.25, -0.2) is 0 Å². The van der Waals surface area contributed by atoms with Gasteiger partial charge in [-0.15, -0.1) is 0 Å². The Morgan fingerprint density at radius 3 is 2.32 bits per heavy atom. The predicted molar refractivity (Wildman–Crippen MR) is 94.7 cm³/mol. The Labute approximate surface area is 131 Å². The lowest BCUT2D eigenvalue weighted by Gasteiger charge is -2.15. The monoisotopic (exact) mass is 286 g/mol. The van der Waals surface area contributed by atoms with Gasteiger partial charge in [-0.05, 0) is 29.8 Å². The number of rotatable bonds is 4. The standard InChI is InChI=1S/C20H18N2/c1-22(20-13-6-3-7-14-20)16-18-10-8-9-17(18)15-21-19-11-4-2-5-12-19/h2-16H,1H3/b18-16-,21-15?. The third kappa shape index (κ3) is 3.41. The zero-order chi connectivity index (χ0) is 15.2. The molecule has 108 valence electrons. The number of hydrogen-bond acceptors (Lipinski definition) is 2. The van der Waals surface area contributed by atoms with Crippen molar-refractivity contribution < 1.29 is 0 Å². The average Bonchev–Trinajstić information content (AvgIpc) is 3.02. The normalized spacial score (nSPS) is 15.5. The first-order valence-electron chi connectivity index (χ1n) is 7.30. The maximum atomic E-state index is 4.53. The van der Waals surface area contributed by atoms with Crippen molar-refractivity contribution in [1.29, 1.82) is 0 Å². The molecule has 0 radical (unpaired) electrons. The minimum atomic E-state index is 0.964. The van der Waals surface area contributed by atoms with Gasteiger partial charge in [0, 0.05) is 30.7 Å². The molecule has 2 aromatic carbocycles. The van der Waals surface area contributed by atoms with Crippen LogP contribution in [-0.2, 0) is 0 Å². The van der Waals surface area contributed by atoms with E-state index in [9.17, 15) is 0 Å². The third-order valence-electron chi connectivity index (χ3n) is 3.49. The van der Waals surface area contributed by atoms with Crippen LogP contribution >= 0.6 is 0 Å². The Bertz CT molecular complexity index is 738. The van der Waals surface area contributed by atoms with Gasteiger partial charge in [-0.2, -0.15) is 0 Å². The molecule has 1 aliphatic rings. The van der Waals surface area contributed by atoms with E-state index in [1.54, 1.807) is 0 Å². The van der Waals surface area contributed by atoms with Crippen molar-refractivity contribution in [2.75, 3.05) is 11.9 Å². The molecule has 0 amide bonds. The highest BCUT2D eigenvalue weighted by atomic mass is 15.1. The Morgan fingerprint density at radius 2 is 1.59 bits per heavy atom. The second-order valence-corrected chi connectivity index (χ2v) is 5.11. The van der Waals surface area contributed by atoms with E-state index in [2.05, 4.69) is 53.5 Å². The number of hydrogen-bond donors (Lipinski definition) is 0. The van der Waals surface area contributed by atoms with Gasteiger partial charge in [-0.3, -0.25) is 4.99 Å². The molecule has 0 aliphatic heterocycles. The van der Waals surface area contributed by atoms with Gasteiger partial charge < -0.3 is 4.90 Å². The summed E-state index contributed by atoms with van der Waals surface area (Å²) in [6.45, 7) is 0. The SMILES string of the molecule is CN(/C=C1/C=CC=C1C=Nc1ccccc1)c1ccccc1. The molecule has 0 heterocycles. The van der Waals surface area contributed by atoms with Crippen LogP contribution in [-0.4, -0.2) is 13.3 Å². The molecule has 1 aliphatic carbocycles. The van der Waals surface area contributed by atoms with E-state index in [4.69, 9.17) is 0 Å². The van der Waals surface area contributed by atoms with Gasteiger partial charge in [0.15, 0.2) is 0 Å². The van der Waals surface area contributed by atoms with Crippen LogP contribution in [0.25, 0.3) is 0 Å². The molecule has 3 rings (SSSR count). The van der Waals surface area contributed by atoms with Crippen LogP contribution in [0.2, 0.25) is 0 Å². The summed E-state index contributed by atoms with van der Waals surface area (Å²) in [5.74, 6) is 0. The molecule has 0 bridgehead atoms. The first kappa shape index (κ1) is 14.1. The largest absolute Gasteiger partial charge is 0.350 e. The smallest absolute Gasteiger partial charge is 0.0629 e. The van der Waals surface area contributed by atoms with Crippen LogP contribution in [0.15, 0.2) is 101 Å². The Morgan fingerprint density at radius 1 is 0.909 bits per heavy atom. The fourth-order valence-electron chi connectivity index (χ4n) is 2.29. The van der Waals surface area contributed by atoms with Crippen molar-refractivity contribution in [3.63, 3.8) is 0 Å². The predicted octanol–water partition coefficient (Wildman–Crippen LogP) is 4.91. The van der Waals surface area contributed by atoms with E-state index in [-0.39, 0.29) is 0 Å². The molecular weight excluding hydrogens is 268 g/mol. The van der Waals surface area contributed by atoms with Gasteiger partial charge in [0.2, 0.25) is 0 Å². The van der Waals surface area contributed by atoms with Crippen molar-refractivity contribution in [2.24, 2.45) is 4.99 Å². The number of anilines is 1. The third-order valence-corrected chi connectivity index (χ3v) is 3.49. The highest BCUT2D eigenvalue weighted by Gasteiger charge is 2.06. The minimum Gasteiger partial charge on any atom is -0.350 e. The number of allylic oxidation sites excluding steroid dienone is 5. The highest BCUT2D eigenvalue weighted by Crippen LogP contribution is 2.21. The molecule has 2 heteroatoms. The van der Waals surface area contributed by atoms with Crippen LogP contribution in [0.4, 0.5) is 11.4 Å². The summed E-state index contributed by atoms with van der Waals surface area (Å²) in [6, 6.07) is 20.3. The molecule has 2 aromatic rings. The lowest BCUT2D eigenvalue weighted by Crippen LogP contribution is -2.09. The maximum Gasteiger partial charge on any atom is 0.0629 e.